The molecule has 0 unspecified atom stereocenters. The summed E-state index contributed by atoms with van der Waals surface area (Å²) in [5, 5.41) is 9.03. The molecule has 0 spiro atoms. The molecular weight excluding hydrogens is 538 g/mol. The number of nitrogens with two attached hydrogens (primary N) is 1. The summed E-state index contributed by atoms with van der Waals surface area (Å²) in [4.78, 5) is 39.8. The largest absolute Gasteiger partial charge is 0.491 e. The van der Waals surface area contributed by atoms with Gasteiger partial charge < -0.3 is 20.5 Å². The number of nitrogens with zero attached hydrogens (tertiary/aromatic N) is 2. The molecule has 4 rings (SSSR count). The molecule has 9 heteroatoms. The van der Waals surface area contributed by atoms with E-state index in [2.05, 4.69) is 15.9 Å². The van der Waals surface area contributed by atoms with Crippen molar-refractivity contribution in [2.45, 2.75) is 32.2 Å². The maximum atomic E-state index is 13.2. The van der Waals surface area contributed by atoms with E-state index >= 15 is 0 Å². The molecular formula is C28H28BrN3O5. The predicted molar refractivity (Wildman–Crippen MR) is 144 cm³/mol. The minimum atomic E-state index is -0.988. The third-order valence-electron chi connectivity index (χ3n) is 6.41. The summed E-state index contributed by atoms with van der Waals surface area (Å²) in [5.74, 6) is -0.408. The zero-order valence-electron chi connectivity index (χ0n) is 20.4. The molecule has 0 radical (unpaired) electrons. The third-order valence-corrected chi connectivity index (χ3v) is 7.08. The van der Waals surface area contributed by atoms with Gasteiger partial charge >= 0.3 is 12.0 Å². The molecule has 0 bridgehead atoms. The van der Waals surface area contributed by atoms with Crippen LogP contribution in [0.4, 0.5) is 16.2 Å². The number of amides is 3. The Morgan fingerprint density at radius 1 is 1.08 bits per heavy atom. The normalized spacial score (nSPS) is 14.9. The summed E-state index contributed by atoms with van der Waals surface area (Å²) in [5.41, 5.74) is 8.87. The second-order valence-corrected chi connectivity index (χ2v) is 9.80. The number of aryl methyl sites for hydroxylation is 1. The number of benzene rings is 3. The van der Waals surface area contributed by atoms with E-state index in [4.69, 9.17) is 15.6 Å². The minimum absolute atomic E-state index is 0.0111. The molecule has 3 amide bonds. The zero-order valence-corrected chi connectivity index (χ0v) is 22.0. The number of carboxylic acid groups (broad SMARTS) is 1. The number of carboxylic acids is 1. The van der Waals surface area contributed by atoms with E-state index in [1.807, 2.05) is 54.3 Å². The number of urea groups is 1. The smallest absolute Gasteiger partial charge is 0.335 e. The zero-order chi connectivity index (χ0) is 26.5. The topological polar surface area (TPSA) is 113 Å². The number of para-hydroxylation sites is 1. The van der Waals surface area contributed by atoms with Crippen LogP contribution in [0, 0.1) is 6.92 Å². The van der Waals surface area contributed by atoms with Crippen LogP contribution in [-0.4, -0.2) is 47.1 Å². The van der Waals surface area contributed by atoms with Crippen LogP contribution < -0.4 is 15.4 Å². The van der Waals surface area contributed by atoms with E-state index in [1.165, 1.54) is 17.0 Å². The summed E-state index contributed by atoms with van der Waals surface area (Å²) in [6, 6.07) is 18.5. The van der Waals surface area contributed by atoms with Crippen molar-refractivity contribution in [2.24, 2.45) is 5.73 Å². The highest BCUT2D eigenvalue weighted by Gasteiger charge is 2.29. The van der Waals surface area contributed by atoms with Crippen LogP contribution in [0.5, 0.6) is 5.75 Å². The molecule has 8 nitrogen and oxygen atoms in total. The first-order chi connectivity index (χ1) is 17.7. The van der Waals surface area contributed by atoms with Crippen molar-refractivity contribution in [2.75, 3.05) is 18.1 Å². The Bertz CT molecular complexity index is 1310. The van der Waals surface area contributed by atoms with E-state index in [9.17, 15) is 14.4 Å². The van der Waals surface area contributed by atoms with Gasteiger partial charge in [-0.3, -0.25) is 9.69 Å². The van der Waals surface area contributed by atoms with Crippen molar-refractivity contribution in [3.05, 3.63) is 87.9 Å². The van der Waals surface area contributed by atoms with Gasteiger partial charge in [0.2, 0.25) is 5.91 Å². The number of rotatable bonds is 8. The van der Waals surface area contributed by atoms with Crippen LogP contribution in [0.2, 0.25) is 0 Å². The number of hydrogen-bond donors (Lipinski definition) is 2. The van der Waals surface area contributed by atoms with E-state index in [0.717, 1.165) is 28.4 Å². The molecule has 1 atom stereocenters. The Labute approximate surface area is 223 Å². The second kappa shape index (κ2) is 11.5. The molecule has 0 aromatic heterocycles. The molecule has 1 aliphatic rings. The maximum absolute atomic E-state index is 13.2. The summed E-state index contributed by atoms with van der Waals surface area (Å²) < 4.78 is 6.59. The van der Waals surface area contributed by atoms with Gasteiger partial charge in [0.15, 0.2) is 0 Å². The average Bonchev–Trinajstić information content (AvgIpc) is 3.34. The van der Waals surface area contributed by atoms with Crippen LogP contribution >= 0.6 is 15.9 Å². The Morgan fingerprint density at radius 2 is 1.81 bits per heavy atom. The standard InChI is InChI=1S/C28H28BrN3O5/c1-18-15-19(8-13-24(18)32(28(30)36)25-7-3-2-6-23(25)29)16-26(33)31-14-4-5-21(31)17-37-22-11-9-20(10-12-22)27(34)35/h2-3,6-13,15,21H,4-5,14,16-17H2,1H3,(H2,30,36)(H,34,35)/t21-/m0/s1. The van der Waals surface area contributed by atoms with Crippen molar-refractivity contribution in [3.63, 3.8) is 0 Å². The monoisotopic (exact) mass is 565 g/mol. The number of aromatic carboxylic acids is 1. The molecule has 192 valence electrons. The highest BCUT2D eigenvalue weighted by molar-refractivity contribution is 9.10. The van der Waals surface area contributed by atoms with E-state index in [-0.39, 0.29) is 23.9 Å². The summed E-state index contributed by atoms with van der Waals surface area (Å²) >= 11 is 3.48. The Balaban J connectivity index is 1.42. The molecule has 37 heavy (non-hydrogen) atoms. The van der Waals surface area contributed by atoms with Crippen molar-refractivity contribution >= 4 is 45.2 Å². The molecule has 3 aromatic rings. The van der Waals surface area contributed by atoms with Crippen LogP contribution in [-0.2, 0) is 11.2 Å². The Morgan fingerprint density at radius 3 is 2.46 bits per heavy atom. The van der Waals surface area contributed by atoms with Crippen LogP contribution in [0.1, 0.15) is 34.3 Å². The Hall–Kier alpha value is -3.85. The number of anilines is 2. The Kier molecular flexibility index (Phi) is 8.13. The predicted octanol–water partition coefficient (Wildman–Crippen LogP) is 5.29. The minimum Gasteiger partial charge on any atom is -0.491 e. The van der Waals surface area contributed by atoms with Gasteiger partial charge in [-0.2, -0.15) is 0 Å². The lowest BCUT2D eigenvalue weighted by Crippen LogP contribution is -2.39. The number of ether oxygens (including phenoxy) is 1. The van der Waals surface area contributed by atoms with Crippen LogP contribution in [0.15, 0.2) is 71.2 Å². The highest BCUT2D eigenvalue weighted by atomic mass is 79.9. The molecule has 1 saturated heterocycles. The van der Waals surface area contributed by atoms with Gasteiger partial charge in [0.25, 0.3) is 0 Å². The molecule has 3 aromatic carbocycles. The summed E-state index contributed by atoms with van der Waals surface area (Å²) in [6.45, 7) is 2.90. The molecule has 0 aliphatic carbocycles. The number of hydrogen-bond acceptors (Lipinski definition) is 4. The van der Waals surface area contributed by atoms with Crippen molar-refractivity contribution in [1.29, 1.82) is 0 Å². The third kappa shape index (κ3) is 6.11. The first kappa shape index (κ1) is 26.2. The average molecular weight is 566 g/mol. The SMILES string of the molecule is Cc1cc(CC(=O)N2CCC[C@H]2COc2ccc(C(=O)O)cc2)ccc1N(C(N)=O)c1ccccc1Br. The number of primary amides is 1. The van der Waals surface area contributed by atoms with Gasteiger partial charge in [0, 0.05) is 11.0 Å². The first-order valence-electron chi connectivity index (χ1n) is 11.9. The summed E-state index contributed by atoms with van der Waals surface area (Å²) in [6.07, 6.45) is 1.97. The molecule has 3 N–H and O–H groups in total. The fourth-order valence-electron chi connectivity index (χ4n) is 4.58. The lowest BCUT2D eigenvalue weighted by atomic mass is 10.0. The van der Waals surface area contributed by atoms with Gasteiger partial charge in [0.1, 0.15) is 12.4 Å². The van der Waals surface area contributed by atoms with Gasteiger partial charge in [-0.25, -0.2) is 9.59 Å². The molecule has 0 saturated carbocycles. The highest BCUT2D eigenvalue weighted by Crippen LogP contribution is 2.34. The van der Waals surface area contributed by atoms with Crippen LogP contribution in [0.3, 0.4) is 0 Å². The van der Waals surface area contributed by atoms with Gasteiger partial charge in [-0.15, -0.1) is 0 Å². The van der Waals surface area contributed by atoms with Gasteiger partial charge in [-0.05, 0) is 89.3 Å². The quantitative estimate of drug-likeness (QED) is 0.385. The molecule has 1 fully saturated rings. The lowest BCUT2D eigenvalue weighted by Gasteiger charge is -2.26. The van der Waals surface area contributed by atoms with Crippen molar-refractivity contribution in [3.8, 4) is 5.75 Å². The fourth-order valence-corrected chi connectivity index (χ4v) is 5.04. The van der Waals surface area contributed by atoms with E-state index in [1.54, 1.807) is 12.1 Å². The maximum Gasteiger partial charge on any atom is 0.335 e. The number of carbonyl (C=O) groups is 3. The molecule has 1 heterocycles. The fraction of sp³-hybridized carbons (Fsp3) is 0.250. The van der Waals surface area contributed by atoms with Crippen LogP contribution in [0.25, 0.3) is 0 Å². The van der Waals surface area contributed by atoms with E-state index < -0.39 is 12.0 Å². The summed E-state index contributed by atoms with van der Waals surface area (Å²) in [7, 11) is 0. The van der Waals surface area contributed by atoms with E-state index in [0.29, 0.717) is 30.3 Å². The van der Waals surface area contributed by atoms with Gasteiger partial charge in [0.05, 0.1) is 29.4 Å². The number of carbonyl (C=O) groups excluding carboxylic acids is 2. The van der Waals surface area contributed by atoms with Gasteiger partial charge in [-0.1, -0.05) is 24.3 Å². The first-order valence-corrected chi connectivity index (χ1v) is 12.7. The van der Waals surface area contributed by atoms with Crippen molar-refractivity contribution in [1.82, 2.24) is 4.90 Å². The number of likely N-dealkylation sites (tertiary alicyclic amines) is 1. The second-order valence-electron chi connectivity index (χ2n) is 8.95. The lowest BCUT2D eigenvalue weighted by molar-refractivity contribution is -0.131. The van der Waals surface area contributed by atoms with Crippen molar-refractivity contribution < 1.29 is 24.2 Å². The number of halogens is 1. The molecule has 1 aliphatic heterocycles.